The van der Waals surface area contributed by atoms with E-state index < -0.39 is 18.0 Å². The Balaban J connectivity index is 2.39. The molecule has 0 spiro atoms. The molecule has 6 heteroatoms. The first-order valence-corrected chi connectivity index (χ1v) is 10.3. The van der Waals surface area contributed by atoms with Gasteiger partial charge in [-0.1, -0.05) is 67.5 Å². The largest absolute Gasteiger partial charge is 0.507 e. The summed E-state index contributed by atoms with van der Waals surface area (Å²) in [4.78, 5) is 25.2. The fourth-order valence-electron chi connectivity index (χ4n) is 3.74. The maximum Gasteiger partial charge on any atom is 0.269 e. The van der Waals surface area contributed by atoms with Crippen molar-refractivity contribution >= 4 is 11.8 Å². The van der Waals surface area contributed by atoms with Gasteiger partial charge >= 0.3 is 0 Å². The molecule has 1 saturated heterocycles. The highest BCUT2D eigenvalue weighted by Gasteiger charge is 2.40. The van der Waals surface area contributed by atoms with Crippen molar-refractivity contribution in [1.29, 1.82) is 0 Å². The number of piperazine rings is 1. The minimum absolute atomic E-state index is 0.172. The van der Waals surface area contributed by atoms with Gasteiger partial charge in [0.2, 0.25) is 5.91 Å². The zero-order valence-corrected chi connectivity index (χ0v) is 19.0. The average Bonchev–Trinajstić information content (AvgIpc) is 2.55. The van der Waals surface area contributed by atoms with E-state index in [0.29, 0.717) is 11.5 Å². The van der Waals surface area contributed by atoms with Crippen molar-refractivity contribution < 1.29 is 19.9 Å². The van der Waals surface area contributed by atoms with Crippen LogP contribution in [0.15, 0.2) is 12.1 Å². The quantitative estimate of drug-likeness (QED) is 0.668. The first-order valence-electron chi connectivity index (χ1n) is 10.3. The van der Waals surface area contributed by atoms with Gasteiger partial charge in [-0.15, -0.1) is 0 Å². The number of nitrogens with zero attached hydrogens (tertiary/aromatic N) is 1. The van der Waals surface area contributed by atoms with Crippen LogP contribution in [0.2, 0.25) is 0 Å². The van der Waals surface area contributed by atoms with E-state index in [1.54, 1.807) is 0 Å². The van der Waals surface area contributed by atoms with Gasteiger partial charge in [-0.2, -0.15) is 0 Å². The summed E-state index contributed by atoms with van der Waals surface area (Å²) in [5, 5.41) is 24.5. The number of phenolic OH excluding ortho intramolecular Hbond substituents is 1. The Kier molecular flexibility index (Phi) is 6.38. The molecule has 0 aromatic heterocycles. The van der Waals surface area contributed by atoms with Crippen molar-refractivity contribution in [3.05, 3.63) is 28.8 Å². The molecule has 3 N–H and O–H groups in total. The third-order valence-corrected chi connectivity index (χ3v) is 5.36. The lowest BCUT2D eigenvalue weighted by molar-refractivity contribution is -0.190. The molecule has 2 amide bonds. The van der Waals surface area contributed by atoms with E-state index >= 15 is 0 Å². The Hall–Kier alpha value is -2.08. The summed E-state index contributed by atoms with van der Waals surface area (Å²) in [6, 6.07) is 2.10. The second-order valence-electron chi connectivity index (χ2n) is 10.6. The summed E-state index contributed by atoms with van der Waals surface area (Å²) >= 11 is 0. The van der Waals surface area contributed by atoms with Gasteiger partial charge in [-0.05, 0) is 39.9 Å². The summed E-state index contributed by atoms with van der Waals surface area (Å²) < 4.78 is 0. The van der Waals surface area contributed by atoms with Crippen LogP contribution in [0, 0.1) is 5.92 Å². The lowest BCUT2D eigenvalue weighted by Crippen LogP contribution is -2.63. The summed E-state index contributed by atoms with van der Waals surface area (Å²) in [7, 11) is 0. The molecule has 1 fully saturated rings. The second kappa shape index (κ2) is 7.98. The van der Waals surface area contributed by atoms with E-state index in [1.165, 1.54) is 0 Å². The molecule has 1 aliphatic heterocycles. The molecule has 2 atom stereocenters. The Morgan fingerprint density at radius 3 is 1.93 bits per heavy atom. The predicted molar refractivity (Wildman–Crippen MR) is 113 cm³/mol. The van der Waals surface area contributed by atoms with Gasteiger partial charge in [0.1, 0.15) is 17.8 Å². The molecular weight excluding hydrogens is 368 g/mol. The fraction of sp³-hybridized carbons (Fsp3) is 0.652. The minimum Gasteiger partial charge on any atom is -0.507 e. The van der Waals surface area contributed by atoms with Crippen LogP contribution in [-0.2, 0) is 26.8 Å². The molecule has 0 aliphatic carbocycles. The number of hydrogen-bond acceptors (Lipinski definition) is 4. The second-order valence-corrected chi connectivity index (χ2v) is 10.6. The van der Waals surface area contributed by atoms with E-state index in [4.69, 9.17) is 0 Å². The molecule has 162 valence electrons. The number of hydrogen-bond donors (Lipinski definition) is 3. The third kappa shape index (κ3) is 5.10. The molecule has 1 aliphatic rings. The Morgan fingerprint density at radius 1 is 1.03 bits per heavy atom. The highest BCUT2D eigenvalue weighted by molar-refractivity contribution is 5.96. The van der Waals surface area contributed by atoms with Crippen LogP contribution in [0.5, 0.6) is 5.75 Å². The van der Waals surface area contributed by atoms with Crippen LogP contribution >= 0.6 is 0 Å². The van der Waals surface area contributed by atoms with Crippen molar-refractivity contribution in [2.24, 2.45) is 5.92 Å². The molecule has 2 unspecified atom stereocenters. The lowest BCUT2D eigenvalue weighted by Gasteiger charge is -2.36. The number of aromatic hydroxyl groups is 1. The number of phenols is 1. The summed E-state index contributed by atoms with van der Waals surface area (Å²) in [5.74, 6) is -0.395. The van der Waals surface area contributed by atoms with Crippen LogP contribution in [0.1, 0.15) is 78.5 Å². The monoisotopic (exact) mass is 404 g/mol. The SMILES string of the molecule is CC(C)CC1C(=O)NC(Cc2cc(C(C)(C)C)c(O)c(C(C)(C)C)c2)C(=O)N1O. The summed E-state index contributed by atoms with van der Waals surface area (Å²) in [5.41, 5.74) is 1.87. The number of rotatable bonds is 4. The van der Waals surface area contributed by atoms with Crippen molar-refractivity contribution in [3.63, 3.8) is 0 Å². The molecule has 6 nitrogen and oxygen atoms in total. The van der Waals surface area contributed by atoms with Crippen molar-refractivity contribution in [2.75, 3.05) is 0 Å². The van der Waals surface area contributed by atoms with Crippen molar-refractivity contribution in [2.45, 2.75) is 91.1 Å². The van der Waals surface area contributed by atoms with Gasteiger partial charge in [0, 0.05) is 6.42 Å². The number of nitrogens with one attached hydrogen (secondary N) is 1. The fourth-order valence-corrected chi connectivity index (χ4v) is 3.74. The summed E-state index contributed by atoms with van der Waals surface area (Å²) in [6.07, 6.45) is 0.658. The number of carbonyl (C=O) groups is 2. The van der Waals surface area contributed by atoms with Crippen LogP contribution in [0.4, 0.5) is 0 Å². The Labute approximate surface area is 174 Å². The van der Waals surface area contributed by atoms with Gasteiger partial charge < -0.3 is 10.4 Å². The number of carbonyl (C=O) groups excluding carboxylic acids is 2. The molecule has 1 aromatic carbocycles. The molecule has 1 heterocycles. The smallest absolute Gasteiger partial charge is 0.269 e. The standard InChI is InChI=1S/C23H36N2O4/c1-13(2)9-18-20(27)24-17(21(28)25(18)29)12-14-10-15(22(3,4)5)19(26)16(11-14)23(6,7)8/h10-11,13,17-18,26,29H,9,12H2,1-8H3,(H,24,27). The van der Waals surface area contributed by atoms with Gasteiger partial charge in [0.05, 0.1) is 0 Å². The maximum atomic E-state index is 12.7. The van der Waals surface area contributed by atoms with Crippen LogP contribution in [0.3, 0.4) is 0 Å². The van der Waals surface area contributed by atoms with Gasteiger partial charge in [-0.3, -0.25) is 14.8 Å². The summed E-state index contributed by atoms with van der Waals surface area (Å²) in [6.45, 7) is 16.0. The van der Waals surface area contributed by atoms with Crippen LogP contribution < -0.4 is 5.32 Å². The third-order valence-electron chi connectivity index (χ3n) is 5.36. The first kappa shape index (κ1) is 23.2. The van der Waals surface area contributed by atoms with E-state index in [1.807, 2.05) is 67.5 Å². The van der Waals surface area contributed by atoms with E-state index in [0.717, 1.165) is 16.7 Å². The zero-order valence-electron chi connectivity index (χ0n) is 19.0. The Bertz CT molecular complexity index is 752. The van der Waals surface area contributed by atoms with E-state index in [2.05, 4.69) is 5.32 Å². The van der Waals surface area contributed by atoms with Crippen molar-refractivity contribution in [1.82, 2.24) is 10.4 Å². The molecule has 2 rings (SSSR count). The molecule has 0 bridgehead atoms. The average molecular weight is 405 g/mol. The van der Waals surface area contributed by atoms with Gasteiger partial charge in [0.25, 0.3) is 5.91 Å². The predicted octanol–water partition coefficient (Wildman–Crippen LogP) is 3.66. The number of amides is 2. The van der Waals surface area contributed by atoms with E-state index in [-0.39, 0.29) is 34.8 Å². The van der Waals surface area contributed by atoms with Gasteiger partial charge in [0.15, 0.2) is 0 Å². The maximum absolute atomic E-state index is 12.7. The van der Waals surface area contributed by atoms with Crippen LogP contribution in [0.25, 0.3) is 0 Å². The van der Waals surface area contributed by atoms with Crippen LogP contribution in [-0.4, -0.2) is 39.3 Å². The lowest BCUT2D eigenvalue weighted by atomic mass is 9.78. The molecule has 0 radical (unpaired) electrons. The van der Waals surface area contributed by atoms with Gasteiger partial charge in [-0.25, -0.2) is 5.06 Å². The molecular formula is C23H36N2O4. The Morgan fingerprint density at radius 2 is 1.52 bits per heavy atom. The molecule has 29 heavy (non-hydrogen) atoms. The number of benzene rings is 1. The normalized spacial score (nSPS) is 21.0. The first-order chi connectivity index (χ1) is 13.1. The highest BCUT2D eigenvalue weighted by Crippen LogP contribution is 2.40. The topological polar surface area (TPSA) is 89.9 Å². The van der Waals surface area contributed by atoms with E-state index in [9.17, 15) is 19.9 Å². The minimum atomic E-state index is -0.853. The molecule has 1 aromatic rings. The number of hydroxylamine groups is 2. The van der Waals surface area contributed by atoms with Crippen molar-refractivity contribution in [3.8, 4) is 5.75 Å². The zero-order chi connectivity index (χ0) is 22.3. The molecule has 0 saturated carbocycles. The highest BCUT2D eigenvalue weighted by atomic mass is 16.5.